The second kappa shape index (κ2) is 20.4. The van der Waals surface area contributed by atoms with Gasteiger partial charge in [-0.25, -0.2) is 0 Å². The van der Waals surface area contributed by atoms with Crippen molar-refractivity contribution in [2.75, 3.05) is 26.2 Å². The minimum absolute atomic E-state index is 1.20. The molecule has 0 heterocycles. The number of hydrogen-bond donors (Lipinski definition) is 3. The maximum absolute atomic E-state index is 8.47. The first-order chi connectivity index (χ1) is 9.65. The van der Waals surface area contributed by atoms with Gasteiger partial charge in [0.25, 0.3) is 0 Å². The molecule has 0 unspecified atom stereocenters. The predicted molar refractivity (Wildman–Crippen MR) is 83.7 cm³/mol. The van der Waals surface area contributed by atoms with Crippen LogP contribution < -0.4 is 10.6 Å². The lowest BCUT2D eigenvalue weighted by molar-refractivity contribution is -0.482. The Balaban J connectivity index is 0. The van der Waals surface area contributed by atoms with Gasteiger partial charge in [0.2, 0.25) is 0 Å². The van der Waals surface area contributed by atoms with E-state index in [0.29, 0.717) is 0 Å². The van der Waals surface area contributed by atoms with Gasteiger partial charge in [0.05, 0.1) is 0 Å². The zero-order valence-corrected chi connectivity index (χ0v) is 13.2. The molecule has 6 nitrogen and oxygen atoms in total. The molecule has 6 heteroatoms. The summed E-state index contributed by atoms with van der Waals surface area (Å²) in [6.45, 7) is 9.32. The second-order valence-electron chi connectivity index (χ2n) is 4.88. The zero-order chi connectivity index (χ0) is 15.5. The fraction of sp³-hybridized carbons (Fsp3) is 1.00. The average Bonchev–Trinajstić information content (AvgIpc) is 2.39. The third kappa shape index (κ3) is 30.3. The van der Waals surface area contributed by atoms with E-state index < -0.39 is 5.02 Å². The molecule has 0 spiro atoms. The summed E-state index contributed by atoms with van der Waals surface area (Å²) in [4.78, 5) is 0. The molecule has 0 aliphatic heterocycles. The third-order valence-corrected chi connectivity index (χ3v) is 2.87. The fourth-order valence-electron chi connectivity index (χ4n) is 1.71. The van der Waals surface area contributed by atoms with Crippen LogP contribution >= 0.6 is 0 Å². The van der Waals surface area contributed by atoms with Gasteiger partial charge in [0.15, 0.2) is 0 Å². The number of hydrogen-bond acceptors (Lipinski definition) is 5. The van der Waals surface area contributed by atoms with E-state index in [9.17, 15) is 0 Å². The van der Waals surface area contributed by atoms with Gasteiger partial charge in [-0.2, -0.15) is 0 Å². The van der Waals surface area contributed by atoms with Crippen LogP contribution in [-0.4, -0.2) is 31.2 Å². The van der Waals surface area contributed by atoms with Crippen molar-refractivity contribution in [1.29, 1.82) is 5.53 Å². The second-order valence-corrected chi connectivity index (χ2v) is 4.88. The van der Waals surface area contributed by atoms with Crippen molar-refractivity contribution in [3.63, 3.8) is 0 Å². The van der Waals surface area contributed by atoms with Crippen molar-refractivity contribution in [2.45, 2.75) is 65.2 Å². The van der Waals surface area contributed by atoms with Crippen LogP contribution in [0, 0.1) is 15.9 Å². The normalized spacial score (nSPS) is 9.90. The van der Waals surface area contributed by atoms with Crippen LogP contribution in [0.1, 0.15) is 65.2 Å². The lowest BCUT2D eigenvalue weighted by Crippen LogP contribution is -2.17. The molecule has 0 atom stereocenters. The van der Waals surface area contributed by atoms with Gasteiger partial charge in [-0.15, -0.1) is 0 Å². The topological polar surface area (TPSA) is 97.0 Å². The molecular weight excluding hydrogens is 256 g/mol. The zero-order valence-electron chi connectivity index (χ0n) is 13.2. The van der Waals surface area contributed by atoms with E-state index in [-0.39, 0.29) is 0 Å². The standard InChI is InChI=1S/C14H32N2.HN2O2/c1-3-5-11-15-13-9-7-8-10-14-16-12-6-4-2;1-2(3)4/h15-16H,3-14H2,1-2H3;(H-,1,3,4)/q;-1. The van der Waals surface area contributed by atoms with Crippen molar-refractivity contribution >= 4 is 0 Å². The Morgan fingerprint density at radius 3 is 1.30 bits per heavy atom. The lowest BCUT2D eigenvalue weighted by Gasteiger charge is -2.05. The van der Waals surface area contributed by atoms with Crippen LogP contribution in [0.2, 0.25) is 0 Å². The molecule has 122 valence electrons. The molecule has 0 aromatic carbocycles. The summed E-state index contributed by atoms with van der Waals surface area (Å²) >= 11 is 0. The molecule has 3 N–H and O–H groups in total. The summed E-state index contributed by atoms with van der Waals surface area (Å²) < 4.78 is 0. The van der Waals surface area contributed by atoms with Gasteiger partial charge < -0.3 is 21.0 Å². The van der Waals surface area contributed by atoms with Gasteiger partial charge >= 0.3 is 0 Å². The van der Waals surface area contributed by atoms with E-state index in [4.69, 9.17) is 15.9 Å². The number of unbranched alkanes of at least 4 members (excludes halogenated alkanes) is 5. The Labute approximate surface area is 124 Å². The van der Waals surface area contributed by atoms with E-state index >= 15 is 0 Å². The van der Waals surface area contributed by atoms with E-state index in [1.807, 2.05) is 0 Å². The molecule has 0 aromatic rings. The summed E-state index contributed by atoms with van der Waals surface area (Å²) in [7, 11) is 0. The molecule has 0 amide bonds. The van der Waals surface area contributed by atoms with Crippen molar-refractivity contribution in [1.82, 2.24) is 10.6 Å². The van der Waals surface area contributed by atoms with Crippen molar-refractivity contribution in [3.05, 3.63) is 10.4 Å². The molecule has 0 rings (SSSR count). The van der Waals surface area contributed by atoms with Crippen LogP contribution in [0.15, 0.2) is 0 Å². The molecule has 0 fully saturated rings. The molecule has 0 aliphatic rings. The maximum atomic E-state index is 8.47. The Hall–Kier alpha value is -0.880. The Kier molecular flexibility index (Phi) is 21.9. The lowest BCUT2D eigenvalue weighted by atomic mass is 10.2. The van der Waals surface area contributed by atoms with E-state index in [0.717, 1.165) is 0 Å². The van der Waals surface area contributed by atoms with Crippen LogP contribution in [0.5, 0.6) is 0 Å². The quantitative estimate of drug-likeness (QED) is 0.275. The number of nitrogens with one attached hydrogen (secondary N) is 3. The first-order valence-electron chi connectivity index (χ1n) is 7.92. The van der Waals surface area contributed by atoms with Crippen LogP contribution in [0.4, 0.5) is 0 Å². The number of rotatable bonds is 13. The molecule has 20 heavy (non-hydrogen) atoms. The van der Waals surface area contributed by atoms with Gasteiger partial charge in [0, 0.05) is 0 Å². The first kappa shape index (κ1) is 21.4. The summed E-state index contributed by atoms with van der Waals surface area (Å²) in [6.07, 6.45) is 10.7. The molecular formula is C14H33N4O2-. The van der Waals surface area contributed by atoms with Crippen molar-refractivity contribution < 1.29 is 5.02 Å². The first-order valence-corrected chi connectivity index (χ1v) is 7.92. The highest BCUT2D eigenvalue weighted by molar-refractivity contribution is 4.51. The Morgan fingerprint density at radius 1 is 0.700 bits per heavy atom. The van der Waals surface area contributed by atoms with Crippen molar-refractivity contribution in [3.8, 4) is 0 Å². The van der Waals surface area contributed by atoms with Gasteiger partial charge in [-0.1, -0.05) is 44.6 Å². The summed E-state index contributed by atoms with van der Waals surface area (Å²) in [5.41, 5.74) is 5.31. The predicted octanol–water partition coefficient (Wildman–Crippen LogP) is 3.35. The monoisotopic (exact) mass is 289 g/mol. The molecule has 0 aromatic heterocycles. The van der Waals surface area contributed by atoms with Gasteiger partial charge in [-0.3, -0.25) is 0 Å². The highest BCUT2D eigenvalue weighted by Gasteiger charge is 1.91. The third-order valence-electron chi connectivity index (χ3n) is 2.87. The summed E-state index contributed by atoms with van der Waals surface area (Å²) in [5, 5.41) is 22.7. The minimum Gasteiger partial charge on any atom is -0.588 e. The van der Waals surface area contributed by atoms with E-state index in [1.54, 1.807) is 0 Å². The van der Waals surface area contributed by atoms with Crippen LogP contribution in [-0.2, 0) is 0 Å². The van der Waals surface area contributed by atoms with E-state index in [1.165, 1.54) is 77.5 Å². The molecule has 0 bridgehead atoms. The Morgan fingerprint density at radius 2 is 1.00 bits per heavy atom. The molecule has 0 saturated carbocycles. The maximum Gasteiger partial charge on any atom is -0.00489 e. The summed E-state index contributed by atoms with van der Waals surface area (Å²) in [6, 6.07) is 0. The molecule has 0 radical (unpaired) electrons. The minimum atomic E-state index is -1.25. The van der Waals surface area contributed by atoms with Gasteiger partial charge in [0.1, 0.15) is 0 Å². The highest BCUT2D eigenvalue weighted by Crippen LogP contribution is 1.98. The van der Waals surface area contributed by atoms with Gasteiger partial charge in [-0.05, 0) is 57.4 Å². The summed E-state index contributed by atoms with van der Waals surface area (Å²) in [5.74, 6) is 0. The SMILES string of the molecule is CCCCNCCCCCCNCCCC.N=[N+]([O-])[O-]. The average molecular weight is 289 g/mol. The highest BCUT2D eigenvalue weighted by atomic mass is 16.8. The van der Waals surface area contributed by atoms with Crippen LogP contribution in [0.3, 0.4) is 0 Å². The number of nitrogens with zero attached hydrogens (tertiary/aromatic N) is 1. The largest absolute Gasteiger partial charge is 0.588 e. The molecule has 0 saturated heterocycles. The fourth-order valence-corrected chi connectivity index (χ4v) is 1.71. The Bertz CT molecular complexity index is 174. The van der Waals surface area contributed by atoms with Crippen LogP contribution in [0.25, 0.3) is 0 Å². The van der Waals surface area contributed by atoms with Crippen molar-refractivity contribution in [2.24, 2.45) is 0 Å². The van der Waals surface area contributed by atoms with E-state index in [2.05, 4.69) is 24.5 Å². The smallest absolute Gasteiger partial charge is 0.00489 e. The molecule has 0 aliphatic carbocycles.